The van der Waals surface area contributed by atoms with Crippen LogP contribution in [-0.2, 0) is 5.92 Å². The van der Waals surface area contributed by atoms with Crippen LogP contribution in [0.4, 0.5) is 8.78 Å². The van der Waals surface area contributed by atoms with Gasteiger partial charge in [0.25, 0.3) is 5.92 Å². The molecular weight excluding hydrogens is 232 g/mol. The van der Waals surface area contributed by atoms with Crippen LogP contribution in [-0.4, -0.2) is 13.1 Å². The van der Waals surface area contributed by atoms with Crippen LogP contribution in [0.5, 0.6) is 0 Å². The summed E-state index contributed by atoms with van der Waals surface area (Å²) in [5.41, 5.74) is 0.379. The molecule has 1 aliphatic carbocycles. The molecule has 0 unspecified atom stereocenters. The number of halogens is 2. The zero-order chi connectivity index (χ0) is 13.1. The van der Waals surface area contributed by atoms with Gasteiger partial charge in [-0.1, -0.05) is 43.7 Å². The highest BCUT2D eigenvalue weighted by Crippen LogP contribution is 2.43. The molecule has 1 nitrogen and oxygen atoms in total. The molecule has 1 aliphatic rings. The summed E-state index contributed by atoms with van der Waals surface area (Å²) in [6.07, 6.45) is 4.67. The molecule has 0 amide bonds. The second-order valence-electron chi connectivity index (χ2n) is 5.38. The van der Waals surface area contributed by atoms with Crippen molar-refractivity contribution in [2.24, 2.45) is 5.41 Å². The summed E-state index contributed by atoms with van der Waals surface area (Å²) < 4.78 is 27.8. The maximum absolute atomic E-state index is 13.9. The third-order valence-electron chi connectivity index (χ3n) is 4.21. The first kappa shape index (κ1) is 13.5. The highest BCUT2D eigenvalue weighted by atomic mass is 19.3. The van der Waals surface area contributed by atoms with E-state index in [0.29, 0.717) is 6.54 Å². The Kier molecular flexibility index (Phi) is 4.00. The van der Waals surface area contributed by atoms with E-state index >= 15 is 0 Å². The molecule has 1 aromatic carbocycles. The second-order valence-corrected chi connectivity index (χ2v) is 5.38. The minimum Gasteiger partial charge on any atom is -0.310 e. The van der Waals surface area contributed by atoms with Gasteiger partial charge in [0.05, 0.1) is 6.54 Å². The average molecular weight is 253 g/mol. The van der Waals surface area contributed by atoms with Crippen molar-refractivity contribution in [2.75, 3.05) is 13.1 Å². The molecule has 1 N–H and O–H groups in total. The fraction of sp³-hybridized carbons (Fsp3) is 0.600. The molecule has 1 fully saturated rings. The minimum atomic E-state index is -2.78. The summed E-state index contributed by atoms with van der Waals surface area (Å²) in [6, 6.07) is 8.04. The van der Waals surface area contributed by atoms with Gasteiger partial charge in [-0.15, -0.1) is 0 Å². The first-order chi connectivity index (χ1) is 8.58. The lowest BCUT2D eigenvalue weighted by atomic mass is 9.67. The monoisotopic (exact) mass is 253 g/mol. The molecule has 0 aromatic heterocycles. The number of alkyl halides is 2. The number of hydrogen-bond acceptors (Lipinski definition) is 1. The molecule has 1 aromatic rings. The molecule has 100 valence electrons. The van der Waals surface area contributed by atoms with Gasteiger partial charge < -0.3 is 5.32 Å². The van der Waals surface area contributed by atoms with E-state index in [9.17, 15) is 8.78 Å². The van der Waals surface area contributed by atoms with Crippen molar-refractivity contribution < 1.29 is 8.78 Å². The van der Waals surface area contributed by atoms with Gasteiger partial charge in [-0.3, -0.25) is 0 Å². The fourth-order valence-electron chi connectivity index (χ4n) is 2.60. The Bertz CT molecular complexity index is 366. The summed E-state index contributed by atoms with van der Waals surface area (Å²) in [4.78, 5) is 0. The van der Waals surface area contributed by atoms with Crippen molar-refractivity contribution >= 4 is 0 Å². The van der Waals surface area contributed by atoms with Crippen LogP contribution in [0.15, 0.2) is 30.3 Å². The SMILES string of the molecule is CCC1(CNCC(F)(F)c2ccccc2)CCC1. The third kappa shape index (κ3) is 2.89. The van der Waals surface area contributed by atoms with Gasteiger partial charge in [0.15, 0.2) is 0 Å². The molecule has 0 heterocycles. The summed E-state index contributed by atoms with van der Waals surface area (Å²) in [5.74, 6) is -2.78. The summed E-state index contributed by atoms with van der Waals surface area (Å²) in [7, 11) is 0. The highest BCUT2D eigenvalue weighted by molar-refractivity contribution is 5.20. The Labute approximate surface area is 108 Å². The number of hydrogen-bond donors (Lipinski definition) is 1. The molecule has 1 saturated carbocycles. The maximum Gasteiger partial charge on any atom is 0.285 e. The highest BCUT2D eigenvalue weighted by Gasteiger charge is 2.36. The van der Waals surface area contributed by atoms with Crippen LogP contribution in [0.3, 0.4) is 0 Å². The smallest absolute Gasteiger partial charge is 0.285 e. The molecule has 0 aliphatic heterocycles. The Morgan fingerprint density at radius 2 is 1.89 bits per heavy atom. The van der Waals surface area contributed by atoms with Gasteiger partial charge in [-0.2, -0.15) is 8.78 Å². The summed E-state index contributed by atoms with van der Waals surface area (Å²) in [5, 5.41) is 2.97. The molecule has 0 radical (unpaired) electrons. The normalized spacial score (nSPS) is 18.4. The van der Waals surface area contributed by atoms with Gasteiger partial charge in [0.2, 0.25) is 0 Å². The van der Waals surface area contributed by atoms with Crippen LogP contribution in [0.25, 0.3) is 0 Å². The van der Waals surface area contributed by atoms with Gasteiger partial charge >= 0.3 is 0 Å². The lowest BCUT2D eigenvalue weighted by molar-refractivity contribution is -0.00874. The van der Waals surface area contributed by atoms with Crippen molar-refractivity contribution in [1.29, 1.82) is 0 Å². The maximum atomic E-state index is 13.9. The minimum absolute atomic E-state index is 0.0941. The van der Waals surface area contributed by atoms with E-state index in [4.69, 9.17) is 0 Å². The first-order valence-corrected chi connectivity index (χ1v) is 6.72. The largest absolute Gasteiger partial charge is 0.310 e. The van der Waals surface area contributed by atoms with Crippen molar-refractivity contribution in [3.8, 4) is 0 Å². The standard InChI is InChI=1S/C15H21F2N/c1-2-14(9-6-10-14)11-18-12-15(16,17)13-7-4-3-5-8-13/h3-5,7-8,18H,2,6,9-12H2,1H3. The Hall–Kier alpha value is -0.960. The lowest BCUT2D eigenvalue weighted by Crippen LogP contribution is -2.42. The number of benzene rings is 1. The average Bonchev–Trinajstić information content (AvgIpc) is 2.34. The summed E-state index contributed by atoms with van der Waals surface area (Å²) >= 11 is 0. The predicted molar refractivity (Wildman–Crippen MR) is 69.8 cm³/mol. The zero-order valence-electron chi connectivity index (χ0n) is 10.9. The van der Waals surface area contributed by atoms with Crippen molar-refractivity contribution in [3.05, 3.63) is 35.9 Å². The summed E-state index contributed by atoms with van der Waals surface area (Å²) in [6.45, 7) is 2.60. The Balaban J connectivity index is 1.86. The fourth-order valence-corrected chi connectivity index (χ4v) is 2.60. The molecular formula is C15H21F2N. The van der Waals surface area contributed by atoms with Crippen molar-refractivity contribution in [3.63, 3.8) is 0 Å². The molecule has 0 spiro atoms. The zero-order valence-corrected chi connectivity index (χ0v) is 10.9. The van der Waals surface area contributed by atoms with Gasteiger partial charge in [-0.05, 0) is 24.7 Å². The van der Waals surface area contributed by atoms with Crippen LogP contribution in [0.2, 0.25) is 0 Å². The topological polar surface area (TPSA) is 12.0 Å². The van der Waals surface area contributed by atoms with Crippen molar-refractivity contribution in [2.45, 2.75) is 38.5 Å². The molecule has 0 saturated heterocycles. The number of rotatable bonds is 6. The second kappa shape index (κ2) is 5.35. The van der Waals surface area contributed by atoms with Crippen molar-refractivity contribution in [1.82, 2.24) is 5.32 Å². The molecule has 18 heavy (non-hydrogen) atoms. The first-order valence-electron chi connectivity index (χ1n) is 6.72. The Morgan fingerprint density at radius 1 is 1.22 bits per heavy atom. The van der Waals surface area contributed by atoms with E-state index in [0.717, 1.165) is 6.42 Å². The van der Waals surface area contributed by atoms with E-state index < -0.39 is 5.92 Å². The molecule has 2 rings (SSSR count). The molecule has 0 atom stereocenters. The van der Waals surface area contributed by atoms with E-state index in [-0.39, 0.29) is 17.5 Å². The van der Waals surface area contributed by atoms with Gasteiger partial charge in [0.1, 0.15) is 0 Å². The van der Waals surface area contributed by atoms with E-state index in [2.05, 4.69) is 12.2 Å². The lowest BCUT2D eigenvalue weighted by Gasteiger charge is -2.41. The van der Waals surface area contributed by atoms with E-state index in [1.54, 1.807) is 18.2 Å². The number of nitrogens with one attached hydrogen (secondary N) is 1. The van der Waals surface area contributed by atoms with Crippen LogP contribution >= 0.6 is 0 Å². The van der Waals surface area contributed by atoms with Gasteiger partial charge in [-0.25, -0.2) is 0 Å². The van der Waals surface area contributed by atoms with Crippen LogP contribution < -0.4 is 5.32 Å². The molecule has 0 bridgehead atoms. The van der Waals surface area contributed by atoms with Crippen LogP contribution in [0.1, 0.15) is 38.2 Å². The Morgan fingerprint density at radius 3 is 2.39 bits per heavy atom. The third-order valence-corrected chi connectivity index (χ3v) is 4.21. The van der Waals surface area contributed by atoms with E-state index in [1.165, 1.54) is 31.4 Å². The van der Waals surface area contributed by atoms with Gasteiger partial charge in [0, 0.05) is 12.1 Å². The predicted octanol–water partition coefficient (Wildman–Crippen LogP) is 3.95. The van der Waals surface area contributed by atoms with E-state index in [1.807, 2.05) is 0 Å². The quantitative estimate of drug-likeness (QED) is 0.809. The molecule has 3 heteroatoms. The van der Waals surface area contributed by atoms with Crippen LogP contribution in [0, 0.1) is 5.41 Å².